The zero-order chi connectivity index (χ0) is 77.3. The number of amides is 3. The smallest absolute Gasteiger partial charge is 0.229 e. The topological polar surface area (TPSA) is 388 Å². The van der Waals surface area contributed by atoms with E-state index in [1.807, 2.05) is 140 Å². The standard InChI is InChI=1S/C31H22N8O.C28H24N8O.C27H23N9O/c40-28(11-19-5-2-1-3-6-19)35-23-12-22(15-33-16-23)20-8-9-26-24(13-20)30(39-38-26)31-36-27-18-34-17-25(29(27)37-31)21-7-4-10-32-14-21;1-2-3-6-25(37)32-20-10-19(13-30-14-20)17-7-8-23-21(11-17)27(36-35-23)28-33-24-16-31-15-22(26(24)34-28)18-5-4-9-29-12-18;1-2-3-6-23(37)33-27-30-11-9-20(32-27)16-7-8-21-18(12-16)25(36-35-21)26-31-22-15-29-14-19(24(22)34-26)17-5-4-10-28-13-17/h1-10,12-18H,11H2,(H,35,40)(H,36,37)(H,38,39);4-5,7-16H,2-3,6H2,1H3,(H,32,37)(H,33,34)(H,35,36);4-5,7-15H,2-3,6H2,1H3,(H,31,34)(H,35,36)(H,30,32,33,37). The second-order valence-corrected chi connectivity index (χ2v) is 26.9. The van der Waals surface area contributed by atoms with Crippen LogP contribution in [-0.2, 0) is 20.8 Å². The Morgan fingerprint density at radius 1 is 0.342 bits per heavy atom. The van der Waals surface area contributed by atoms with Crippen LogP contribution in [0.3, 0.4) is 0 Å². The molecule has 0 aliphatic heterocycles. The predicted octanol–water partition coefficient (Wildman–Crippen LogP) is 16.7. The van der Waals surface area contributed by atoms with Gasteiger partial charge in [0.2, 0.25) is 23.7 Å². The van der Waals surface area contributed by atoms with Gasteiger partial charge in [0.15, 0.2) is 17.5 Å². The van der Waals surface area contributed by atoms with Crippen LogP contribution in [0.15, 0.2) is 245 Å². The van der Waals surface area contributed by atoms with Gasteiger partial charge in [0.25, 0.3) is 0 Å². The number of benzene rings is 4. The summed E-state index contributed by atoms with van der Waals surface area (Å²) in [6.45, 7) is 4.12. The molecule has 19 rings (SSSR count). The summed E-state index contributed by atoms with van der Waals surface area (Å²) in [5.74, 6) is 2.02. The van der Waals surface area contributed by atoms with Crippen LogP contribution in [0.2, 0.25) is 0 Å². The first-order valence-electron chi connectivity index (χ1n) is 37.0. The fourth-order valence-electron chi connectivity index (χ4n) is 13.4. The Labute approximate surface area is 648 Å². The van der Waals surface area contributed by atoms with E-state index in [0.717, 1.165) is 158 Å². The lowest BCUT2D eigenvalue weighted by Gasteiger charge is -2.08. The van der Waals surface area contributed by atoms with Crippen LogP contribution in [-0.4, -0.2) is 128 Å². The first kappa shape index (κ1) is 71.3. The number of nitrogens with zero attached hydrogens (tertiary/aromatic N) is 16. The molecule has 0 aliphatic rings. The van der Waals surface area contributed by atoms with E-state index in [2.05, 4.69) is 124 Å². The molecule has 0 atom stereocenters. The zero-order valence-corrected chi connectivity index (χ0v) is 61.4. The highest BCUT2D eigenvalue weighted by molar-refractivity contribution is 6.02. The van der Waals surface area contributed by atoms with Crippen LogP contribution in [0.1, 0.15) is 57.9 Å². The summed E-state index contributed by atoms with van der Waals surface area (Å²) in [7, 11) is 0. The molecule has 19 aromatic rings. The summed E-state index contributed by atoms with van der Waals surface area (Å²) >= 11 is 0. The second kappa shape index (κ2) is 32.3. The average Bonchev–Trinajstić information content (AvgIpc) is 1.63. The van der Waals surface area contributed by atoms with Gasteiger partial charge >= 0.3 is 0 Å². The quantitative estimate of drug-likeness (QED) is 0.0342. The van der Waals surface area contributed by atoms with Crippen molar-refractivity contribution in [3.63, 3.8) is 0 Å². The largest absolute Gasteiger partial charge is 0.335 e. The number of hydrogen-bond donors (Lipinski definition) is 9. The number of H-pyrrole nitrogens is 6. The maximum Gasteiger partial charge on any atom is 0.229 e. The summed E-state index contributed by atoms with van der Waals surface area (Å²) in [6.07, 6.45) is 34.7. The Morgan fingerprint density at radius 3 is 1.19 bits per heavy atom. The summed E-state index contributed by atoms with van der Waals surface area (Å²) in [5, 5.41) is 34.4. The van der Waals surface area contributed by atoms with Gasteiger partial charge in [-0.1, -0.05) is 93.4 Å². The highest BCUT2D eigenvalue weighted by atomic mass is 16.2. The molecule has 0 spiro atoms. The highest BCUT2D eigenvalue weighted by Crippen LogP contribution is 2.38. The molecule has 0 saturated heterocycles. The van der Waals surface area contributed by atoms with Gasteiger partial charge in [0, 0.05) is 153 Å². The van der Waals surface area contributed by atoms with Gasteiger partial charge in [-0.3, -0.25) is 74.9 Å². The molecule has 114 heavy (non-hydrogen) atoms. The third kappa shape index (κ3) is 15.4. The number of carbonyl (C=O) groups excluding carboxylic acids is 3. The normalized spacial score (nSPS) is 11.2. The molecule has 556 valence electrons. The van der Waals surface area contributed by atoms with Crippen LogP contribution >= 0.6 is 0 Å². The molecular weight excluding hydrogens is 1430 g/mol. The summed E-state index contributed by atoms with van der Waals surface area (Å²) in [6, 6.07) is 44.9. The van der Waals surface area contributed by atoms with E-state index in [9.17, 15) is 14.4 Å². The fourth-order valence-corrected chi connectivity index (χ4v) is 13.4. The lowest BCUT2D eigenvalue weighted by molar-refractivity contribution is -0.117. The van der Waals surface area contributed by atoms with Crippen molar-refractivity contribution < 1.29 is 14.4 Å². The summed E-state index contributed by atoms with van der Waals surface area (Å²) < 4.78 is 0. The molecule has 0 fully saturated rings. The van der Waals surface area contributed by atoms with Gasteiger partial charge in [0.05, 0.1) is 87.6 Å². The second-order valence-electron chi connectivity index (χ2n) is 26.9. The van der Waals surface area contributed by atoms with Gasteiger partial charge in [-0.15, -0.1) is 0 Å². The Hall–Kier alpha value is -15.6. The predicted molar refractivity (Wildman–Crippen MR) is 439 cm³/mol. The Morgan fingerprint density at radius 2 is 0.754 bits per heavy atom. The lowest BCUT2D eigenvalue weighted by Crippen LogP contribution is -2.14. The summed E-state index contributed by atoms with van der Waals surface area (Å²) in [4.78, 5) is 105. The van der Waals surface area contributed by atoms with E-state index in [4.69, 9.17) is 15.0 Å². The van der Waals surface area contributed by atoms with Gasteiger partial charge < -0.3 is 25.6 Å². The number of carbonyl (C=O) groups is 3. The number of aromatic nitrogens is 22. The maximum atomic E-state index is 12.6. The van der Waals surface area contributed by atoms with Crippen LogP contribution < -0.4 is 16.0 Å². The zero-order valence-electron chi connectivity index (χ0n) is 61.4. The number of unbranched alkanes of at least 4 members (excludes halogenated alkanes) is 2. The van der Waals surface area contributed by atoms with Crippen molar-refractivity contribution in [3.05, 3.63) is 250 Å². The molecule has 28 heteroatoms. The summed E-state index contributed by atoms with van der Waals surface area (Å²) in [5.41, 5.74) is 22.6. The monoisotopic (exact) mass is 1500 g/mol. The van der Waals surface area contributed by atoms with Crippen LogP contribution in [0.25, 0.3) is 167 Å². The van der Waals surface area contributed by atoms with Crippen molar-refractivity contribution in [2.45, 2.75) is 58.8 Å². The molecule has 4 aromatic carbocycles. The van der Waals surface area contributed by atoms with Crippen LogP contribution in [0.4, 0.5) is 17.3 Å². The Bertz CT molecular complexity index is 6440. The van der Waals surface area contributed by atoms with Gasteiger partial charge in [-0.25, -0.2) is 24.9 Å². The number of anilines is 3. The minimum Gasteiger partial charge on any atom is -0.335 e. The molecule has 15 heterocycles. The molecule has 28 nitrogen and oxygen atoms in total. The van der Waals surface area contributed by atoms with Crippen molar-refractivity contribution in [2.24, 2.45) is 0 Å². The van der Waals surface area contributed by atoms with Gasteiger partial charge in [0.1, 0.15) is 33.6 Å². The SMILES string of the molecule is CCCCC(=O)Nc1cncc(-c2ccc3[nH]nc(-c4nc5c(-c6cccnc6)cncc5[nH]4)c3c2)c1.CCCCC(=O)Nc1nccc(-c2ccc3[nH]nc(-c4nc5c(-c6cccnc6)cncc5[nH]4)c3c2)n1.O=C(Cc1ccccc1)Nc1cncc(-c2ccc3[nH]nc(-c4nc5c(-c6cccnc6)cncc5[nH]4)c3c2)c1. The van der Waals surface area contributed by atoms with E-state index < -0.39 is 0 Å². The average molecular weight is 1500 g/mol. The van der Waals surface area contributed by atoms with E-state index in [1.165, 1.54) is 0 Å². The number of hydrogen-bond acceptors (Lipinski definition) is 19. The Balaban J connectivity index is 0.000000124. The van der Waals surface area contributed by atoms with E-state index >= 15 is 0 Å². The molecule has 9 N–H and O–H groups in total. The molecule has 3 amide bonds. The van der Waals surface area contributed by atoms with Crippen molar-refractivity contribution in [1.82, 2.24) is 110 Å². The fraction of sp³-hybridized carbons (Fsp3) is 0.105. The number of fused-ring (bicyclic) bond motifs is 6. The van der Waals surface area contributed by atoms with E-state index in [0.29, 0.717) is 76.8 Å². The van der Waals surface area contributed by atoms with Crippen molar-refractivity contribution in [1.29, 1.82) is 0 Å². The van der Waals surface area contributed by atoms with Crippen molar-refractivity contribution >= 4 is 101 Å². The first-order chi connectivity index (χ1) is 56.1. The van der Waals surface area contributed by atoms with E-state index in [-0.39, 0.29) is 17.7 Å². The number of imidazole rings is 3. The molecule has 0 radical (unpaired) electrons. The number of rotatable bonds is 20. The highest BCUT2D eigenvalue weighted by Gasteiger charge is 2.22. The number of aromatic amines is 6. The van der Waals surface area contributed by atoms with Crippen LogP contribution in [0, 0.1) is 0 Å². The first-order valence-corrected chi connectivity index (χ1v) is 37.0. The van der Waals surface area contributed by atoms with E-state index in [1.54, 1.807) is 105 Å². The lowest BCUT2D eigenvalue weighted by atomic mass is 10.0. The molecule has 15 aromatic heterocycles. The van der Waals surface area contributed by atoms with Gasteiger partial charge in [-0.2, -0.15) is 15.3 Å². The number of pyridine rings is 8. The Kier molecular flexibility index (Phi) is 20.2. The molecule has 0 aliphatic carbocycles. The molecule has 0 saturated carbocycles. The van der Waals surface area contributed by atoms with Crippen LogP contribution in [0.5, 0.6) is 0 Å². The molecule has 0 bridgehead atoms. The minimum atomic E-state index is -0.0947. The van der Waals surface area contributed by atoms with Gasteiger partial charge in [-0.05, 0) is 102 Å². The maximum absolute atomic E-state index is 12.6. The third-order valence-electron chi connectivity index (χ3n) is 19.1. The van der Waals surface area contributed by atoms with Crippen molar-refractivity contribution in [2.75, 3.05) is 16.0 Å². The van der Waals surface area contributed by atoms with Crippen molar-refractivity contribution in [3.8, 4) is 101 Å². The minimum absolute atomic E-state index is 0.00148. The molecular formula is C86H69N25O3. The number of nitrogens with one attached hydrogen (secondary N) is 9. The third-order valence-corrected chi connectivity index (χ3v) is 19.1. The molecule has 0 unspecified atom stereocenters.